The summed E-state index contributed by atoms with van der Waals surface area (Å²) in [4.78, 5) is 4.46. The van der Waals surface area contributed by atoms with Gasteiger partial charge in [0.2, 0.25) is 0 Å². The molecule has 0 spiro atoms. The van der Waals surface area contributed by atoms with Gasteiger partial charge in [0, 0.05) is 10.9 Å². The number of benzene rings is 1. The summed E-state index contributed by atoms with van der Waals surface area (Å²) in [5.74, 6) is 0. The molecule has 0 unspecified atom stereocenters. The molecule has 1 N–H and O–H groups in total. The second-order valence-corrected chi connectivity index (χ2v) is 4.02. The number of nitrogens with zero attached hydrogens (tertiary/aromatic N) is 2. The molecule has 3 heteroatoms. The van der Waals surface area contributed by atoms with Crippen LogP contribution in [0.1, 0.15) is 20.8 Å². The van der Waals surface area contributed by atoms with Crippen LogP contribution in [0.4, 0.5) is 0 Å². The van der Waals surface area contributed by atoms with Crippen molar-refractivity contribution in [3.8, 4) is 0 Å². The summed E-state index contributed by atoms with van der Waals surface area (Å²) in [5.41, 5.74) is 0.277. The van der Waals surface area contributed by atoms with Gasteiger partial charge in [0.05, 0.1) is 5.36 Å². The smallest absolute Gasteiger partial charge is 0.150 e. The maximum atomic E-state index is 9.85. The quantitative estimate of drug-likeness (QED) is 0.659. The van der Waals surface area contributed by atoms with Crippen LogP contribution in [0, 0.1) is 0 Å². The van der Waals surface area contributed by atoms with Crippen LogP contribution in [-0.4, -0.2) is 15.9 Å². The van der Waals surface area contributed by atoms with E-state index in [4.69, 9.17) is 0 Å². The number of fused-ring (bicyclic) bond motifs is 1. The van der Waals surface area contributed by atoms with E-state index in [0.29, 0.717) is 0 Å². The normalized spacial score (nSPS) is 18.9. The number of rotatable bonds is 0. The predicted octanol–water partition coefficient (Wildman–Crippen LogP) is 0.875. The summed E-state index contributed by atoms with van der Waals surface area (Å²) in [6, 6.07) is 7.84. The van der Waals surface area contributed by atoms with Gasteiger partial charge in [-0.1, -0.05) is 18.2 Å². The van der Waals surface area contributed by atoms with Gasteiger partial charge in [-0.05, 0) is 26.8 Å². The molecule has 1 aliphatic rings. The van der Waals surface area contributed by atoms with E-state index in [1.54, 1.807) is 0 Å². The van der Waals surface area contributed by atoms with Crippen LogP contribution in [0.5, 0.6) is 0 Å². The highest BCUT2D eigenvalue weighted by atomic mass is 16.5. The number of hydroxylamine groups is 2. The second-order valence-electron chi connectivity index (χ2n) is 4.02. The lowest BCUT2D eigenvalue weighted by Crippen LogP contribution is -2.49. The van der Waals surface area contributed by atoms with Crippen LogP contribution in [0.3, 0.4) is 0 Å². The monoisotopic (exact) mass is 190 g/mol. The lowest BCUT2D eigenvalue weighted by atomic mass is 10.1. The molecule has 0 aromatic heterocycles. The Morgan fingerprint density at radius 1 is 1.29 bits per heavy atom. The van der Waals surface area contributed by atoms with Crippen molar-refractivity contribution in [2.45, 2.75) is 26.4 Å². The molecule has 0 saturated carbocycles. The molecule has 14 heavy (non-hydrogen) atoms. The van der Waals surface area contributed by atoms with Crippen molar-refractivity contribution in [2.75, 3.05) is 0 Å². The van der Waals surface area contributed by atoms with Crippen molar-refractivity contribution in [2.24, 2.45) is 4.99 Å². The largest absolute Gasteiger partial charge is 0.286 e. The molecular formula is C11H14N2O. The molecular weight excluding hydrogens is 176 g/mol. The molecule has 3 nitrogen and oxygen atoms in total. The fraction of sp³-hybridized carbons (Fsp3) is 0.364. The van der Waals surface area contributed by atoms with Crippen LogP contribution in [0.25, 0.3) is 5.70 Å². The molecule has 74 valence electrons. The molecule has 2 rings (SSSR count). The van der Waals surface area contributed by atoms with Crippen molar-refractivity contribution in [1.82, 2.24) is 5.06 Å². The van der Waals surface area contributed by atoms with Gasteiger partial charge < -0.3 is 0 Å². The lowest BCUT2D eigenvalue weighted by molar-refractivity contribution is -0.107. The van der Waals surface area contributed by atoms with Crippen LogP contribution < -0.4 is 10.6 Å². The van der Waals surface area contributed by atoms with E-state index in [1.165, 1.54) is 5.06 Å². The fourth-order valence-corrected chi connectivity index (χ4v) is 1.74. The summed E-state index contributed by atoms with van der Waals surface area (Å²) in [6.45, 7) is 5.66. The Hall–Kier alpha value is -1.35. The summed E-state index contributed by atoms with van der Waals surface area (Å²) in [5, 5.41) is 13.0. The third-order valence-corrected chi connectivity index (χ3v) is 2.52. The van der Waals surface area contributed by atoms with Crippen molar-refractivity contribution in [3.63, 3.8) is 0 Å². The molecule has 0 saturated heterocycles. The van der Waals surface area contributed by atoms with E-state index in [1.807, 2.05) is 45.0 Å². The van der Waals surface area contributed by atoms with Gasteiger partial charge >= 0.3 is 0 Å². The maximum absolute atomic E-state index is 9.85. The third-order valence-electron chi connectivity index (χ3n) is 2.52. The van der Waals surface area contributed by atoms with Gasteiger partial charge in [-0.15, -0.1) is 0 Å². The van der Waals surface area contributed by atoms with Crippen LogP contribution in [-0.2, 0) is 0 Å². The Morgan fingerprint density at radius 2 is 1.93 bits per heavy atom. The Morgan fingerprint density at radius 3 is 2.64 bits per heavy atom. The first-order valence-corrected chi connectivity index (χ1v) is 4.67. The van der Waals surface area contributed by atoms with Crippen molar-refractivity contribution >= 4 is 5.70 Å². The minimum absolute atomic E-state index is 0.571. The molecule has 1 heterocycles. The Kier molecular flexibility index (Phi) is 1.86. The average Bonchev–Trinajstić information content (AvgIpc) is 2.14. The van der Waals surface area contributed by atoms with Crippen LogP contribution >= 0.6 is 0 Å². The summed E-state index contributed by atoms with van der Waals surface area (Å²) in [7, 11) is 0. The highest BCUT2D eigenvalue weighted by Gasteiger charge is 2.27. The molecule has 0 fully saturated rings. The van der Waals surface area contributed by atoms with E-state index < -0.39 is 5.66 Å². The molecule has 1 aromatic carbocycles. The zero-order valence-electron chi connectivity index (χ0n) is 8.65. The lowest BCUT2D eigenvalue weighted by Gasteiger charge is -2.34. The Balaban J connectivity index is 2.84. The van der Waals surface area contributed by atoms with Crippen molar-refractivity contribution in [1.29, 1.82) is 0 Å². The maximum Gasteiger partial charge on any atom is 0.150 e. The highest BCUT2D eigenvalue weighted by molar-refractivity contribution is 5.40. The molecule has 0 radical (unpaired) electrons. The van der Waals surface area contributed by atoms with E-state index in [0.717, 1.165) is 16.3 Å². The van der Waals surface area contributed by atoms with Gasteiger partial charge in [0.15, 0.2) is 5.66 Å². The Bertz CT molecular complexity index is 476. The van der Waals surface area contributed by atoms with Gasteiger partial charge in [-0.2, -0.15) is 0 Å². The van der Waals surface area contributed by atoms with E-state index >= 15 is 0 Å². The summed E-state index contributed by atoms with van der Waals surface area (Å²) >= 11 is 0. The van der Waals surface area contributed by atoms with Crippen molar-refractivity contribution < 1.29 is 5.21 Å². The first-order chi connectivity index (χ1) is 6.52. The first-order valence-electron chi connectivity index (χ1n) is 4.67. The average molecular weight is 190 g/mol. The van der Waals surface area contributed by atoms with Gasteiger partial charge in [0.25, 0.3) is 0 Å². The van der Waals surface area contributed by atoms with Gasteiger partial charge in [-0.3, -0.25) is 10.2 Å². The van der Waals surface area contributed by atoms with Gasteiger partial charge in [-0.25, -0.2) is 5.06 Å². The fourth-order valence-electron chi connectivity index (χ4n) is 1.74. The molecule has 0 amide bonds. The van der Waals surface area contributed by atoms with E-state index in [2.05, 4.69) is 4.99 Å². The first kappa shape index (κ1) is 9.21. The minimum atomic E-state index is -0.571. The zero-order valence-corrected chi connectivity index (χ0v) is 8.65. The van der Waals surface area contributed by atoms with Gasteiger partial charge in [0.1, 0.15) is 0 Å². The predicted molar refractivity (Wildman–Crippen MR) is 54.0 cm³/mol. The second kappa shape index (κ2) is 2.82. The van der Waals surface area contributed by atoms with Crippen molar-refractivity contribution in [3.05, 3.63) is 34.8 Å². The number of para-hydroxylation sites is 1. The standard InChI is InChI=1S/C11H14N2O/c1-8-9-6-4-5-7-10(9)12-11(2,3)13(8)14/h4-7,14H,1-3H3. The molecule has 1 aromatic rings. The van der Waals surface area contributed by atoms with E-state index in [-0.39, 0.29) is 0 Å². The topological polar surface area (TPSA) is 35.8 Å². The van der Waals surface area contributed by atoms with Crippen LogP contribution in [0.15, 0.2) is 29.3 Å². The third kappa shape index (κ3) is 1.21. The summed E-state index contributed by atoms with van der Waals surface area (Å²) < 4.78 is 0. The minimum Gasteiger partial charge on any atom is -0.286 e. The van der Waals surface area contributed by atoms with E-state index in [9.17, 15) is 5.21 Å². The Labute approximate surface area is 83.0 Å². The van der Waals surface area contributed by atoms with Crippen LogP contribution in [0.2, 0.25) is 0 Å². The summed E-state index contributed by atoms with van der Waals surface area (Å²) in [6.07, 6.45) is 0. The zero-order chi connectivity index (χ0) is 10.3. The molecule has 0 bridgehead atoms. The highest BCUT2D eigenvalue weighted by Crippen LogP contribution is 2.19. The SMILES string of the molecule is CC1=c2ccccc2=NC(C)(C)N1O. The molecule has 0 aliphatic carbocycles. The number of hydrogen-bond donors (Lipinski definition) is 1. The number of hydrogen-bond acceptors (Lipinski definition) is 3. The molecule has 0 atom stereocenters. The molecule has 1 aliphatic heterocycles.